The first-order chi connectivity index (χ1) is 11.2. The first-order valence-electron chi connectivity index (χ1n) is 7.58. The molecule has 0 radical (unpaired) electrons. The van der Waals surface area contributed by atoms with Crippen LogP contribution >= 0.6 is 0 Å². The molecule has 0 unspecified atom stereocenters. The lowest BCUT2D eigenvalue weighted by Crippen LogP contribution is -2.68. The maximum atomic E-state index is 12.4. The van der Waals surface area contributed by atoms with Crippen LogP contribution in [-0.4, -0.2) is 40.6 Å². The molecular weight excluding hydrogens is 310 g/mol. The van der Waals surface area contributed by atoms with Crippen LogP contribution in [0.1, 0.15) is 34.1 Å². The Balaban J connectivity index is 2.33. The van der Waals surface area contributed by atoms with Gasteiger partial charge in [0.1, 0.15) is 11.6 Å². The number of imide groups is 1. The molecule has 0 saturated carbocycles. The van der Waals surface area contributed by atoms with E-state index < -0.39 is 41.6 Å². The van der Waals surface area contributed by atoms with Gasteiger partial charge in [-0.3, -0.25) is 9.59 Å². The summed E-state index contributed by atoms with van der Waals surface area (Å²) in [6.45, 7) is 6.38. The monoisotopic (exact) mass is 329 g/mol. The van der Waals surface area contributed by atoms with Crippen molar-refractivity contribution in [2.45, 2.75) is 51.9 Å². The standard InChI is InChI=1S/C18H19NO5/c1-12(20)23-14-11-9-7-5-6-8-10-13-15(14)19(16(13)21)17(22)24-18(2,3)4/h5,7,13-15H,10H2,1-4H3/b7-5-/t13-,14+,15+/m1/s1. The summed E-state index contributed by atoms with van der Waals surface area (Å²) in [7, 11) is 0. The van der Waals surface area contributed by atoms with Gasteiger partial charge in [0.05, 0.1) is 5.92 Å². The quantitative estimate of drug-likeness (QED) is 0.415. The normalized spacial score (nSPS) is 26.4. The van der Waals surface area contributed by atoms with E-state index in [9.17, 15) is 14.4 Å². The van der Waals surface area contributed by atoms with Crippen LogP contribution in [0.15, 0.2) is 12.2 Å². The third-order valence-corrected chi connectivity index (χ3v) is 3.36. The molecule has 24 heavy (non-hydrogen) atoms. The molecule has 6 heteroatoms. The zero-order valence-corrected chi connectivity index (χ0v) is 14.1. The largest absolute Gasteiger partial charge is 0.447 e. The van der Waals surface area contributed by atoms with Gasteiger partial charge < -0.3 is 9.47 Å². The average Bonchev–Trinajstić information content (AvgIpc) is 2.43. The predicted octanol–water partition coefficient (Wildman–Crippen LogP) is 1.65. The van der Waals surface area contributed by atoms with Gasteiger partial charge in [0.15, 0.2) is 6.10 Å². The van der Waals surface area contributed by atoms with Crippen molar-refractivity contribution in [1.82, 2.24) is 4.90 Å². The van der Waals surface area contributed by atoms with Crippen molar-refractivity contribution >= 4 is 18.0 Å². The lowest BCUT2D eigenvalue weighted by Gasteiger charge is -2.46. The van der Waals surface area contributed by atoms with Crippen LogP contribution < -0.4 is 0 Å². The Morgan fingerprint density at radius 1 is 1.25 bits per heavy atom. The van der Waals surface area contributed by atoms with Crippen molar-refractivity contribution in [3.8, 4) is 23.7 Å². The molecule has 0 aromatic carbocycles. The van der Waals surface area contributed by atoms with Gasteiger partial charge >= 0.3 is 12.1 Å². The summed E-state index contributed by atoms with van der Waals surface area (Å²) in [5, 5.41) is 0. The number of carbonyl (C=O) groups is 3. The maximum absolute atomic E-state index is 12.4. The average molecular weight is 329 g/mol. The number of allylic oxidation sites excluding steroid dienone is 2. The highest BCUT2D eigenvalue weighted by Gasteiger charge is 2.56. The lowest BCUT2D eigenvalue weighted by atomic mass is 9.81. The van der Waals surface area contributed by atoms with E-state index in [0.29, 0.717) is 0 Å². The summed E-state index contributed by atoms with van der Waals surface area (Å²) >= 11 is 0. The minimum Gasteiger partial charge on any atom is -0.447 e. The maximum Gasteiger partial charge on any atom is 0.417 e. The van der Waals surface area contributed by atoms with Crippen LogP contribution in [0.4, 0.5) is 4.79 Å². The highest BCUT2D eigenvalue weighted by molar-refractivity contribution is 6.00. The predicted molar refractivity (Wildman–Crippen MR) is 85.2 cm³/mol. The molecule has 6 nitrogen and oxygen atoms in total. The van der Waals surface area contributed by atoms with Crippen molar-refractivity contribution in [2.75, 3.05) is 0 Å². The Morgan fingerprint density at radius 3 is 2.54 bits per heavy atom. The minimum absolute atomic E-state index is 0.257. The van der Waals surface area contributed by atoms with Gasteiger partial charge in [-0.05, 0) is 32.9 Å². The Labute approximate surface area is 141 Å². The molecule has 0 aromatic rings. The van der Waals surface area contributed by atoms with Crippen molar-refractivity contribution < 1.29 is 23.9 Å². The van der Waals surface area contributed by atoms with E-state index in [1.165, 1.54) is 13.0 Å². The van der Waals surface area contributed by atoms with Crippen molar-refractivity contribution in [2.24, 2.45) is 5.92 Å². The van der Waals surface area contributed by atoms with Gasteiger partial charge in [0.2, 0.25) is 5.91 Å². The van der Waals surface area contributed by atoms with Crippen LogP contribution in [0, 0.1) is 29.6 Å². The number of β-lactam (4-membered cyclic amide) rings is 1. The van der Waals surface area contributed by atoms with Gasteiger partial charge in [0, 0.05) is 13.3 Å². The van der Waals surface area contributed by atoms with Crippen molar-refractivity contribution in [3.63, 3.8) is 0 Å². The second-order valence-electron chi connectivity index (χ2n) is 6.46. The summed E-state index contributed by atoms with van der Waals surface area (Å²) in [4.78, 5) is 37.1. The van der Waals surface area contributed by atoms with Crippen LogP contribution in [0.5, 0.6) is 0 Å². The lowest BCUT2D eigenvalue weighted by molar-refractivity contribution is -0.167. The molecule has 1 fully saturated rings. The number of rotatable bonds is 1. The molecule has 2 amide bonds. The summed E-state index contributed by atoms with van der Waals surface area (Å²) < 4.78 is 10.5. The molecule has 1 heterocycles. The first kappa shape index (κ1) is 17.6. The molecule has 126 valence electrons. The SMILES string of the molecule is CC(=O)O[C@H]1C#C/C=C\C#CC[C@H]2C(=O)N(C(=O)OC(C)(C)C)[C@H]12. The molecule has 2 aliphatic rings. The third-order valence-electron chi connectivity index (χ3n) is 3.36. The molecule has 1 saturated heterocycles. The Hall–Kier alpha value is -2.73. The van der Waals surface area contributed by atoms with Crippen LogP contribution in [0.3, 0.4) is 0 Å². The van der Waals surface area contributed by atoms with Gasteiger partial charge in [0.25, 0.3) is 0 Å². The van der Waals surface area contributed by atoms with E-state index in [-0.39, 0.29) is 6.42 Å². The van der Waals surface area contributed by atoms with Gasteiger partial charge in [-0.1, -0.05) is 23.7 Å². The smallest absolute Gasteiger partial charge is 0.417 e. The summed E-state index contributed by atoms with van der Waals surface area (Å²) in [5.74, 6) is 9.62. The molecular formula is C18H19NO5. The van der Waals surface area contributed by atoms with E-state index in [2.05, 4.69) is 23.7 Å². The van der Waals surface area contributed by atoms with E-state index >= 15 is 0 Å². The molecule has 0 bridgehead atoms. The first-order valence-corrected chi connectivity index (χ1v) is 7.58. The second kappa shape index (κ2) is 6.80. The van der Waals surface area contributed by atoms with E-state index in [0.717, 1.165) is 4.90 Å². The summed E-state index contributed by atoms with van der Waals surface area (Å²) in [6, 6.07) is -0.704. The van der Waals surface area contributed by atoms with Gasteiger partial charge in [-0.2, -0.15) is 0 Å². The fourth-order valence-corrected chi connectivity index (χ4v) is 2.45. The number of ether oxygens (including phenoxy) is 2. The number of esters is 1. The third kappa shape index (κ3) is 3.97. The minimum atomic E-state index is -0.915. The highest BCUT2D eigenvalue weighted by atomic mass is 16.6. The van der Waals surface area contributed by atoms with Crippen LogP contribution in [0.2, 0.25) is 0 Å². The topological polar surface area (TPSA) is 72.9 Å². The van der Waals surface area contributed by atoms with Gasteiger partial charge in [-0.15, -0.1) is 0 Å². The van der Waals surface area contributed by atoms with Crippen molar-refractivity contribution in [3.05, 3.63) is 12.2 Å². The molecule has 0 aromatic heterocycles. The molecule has 0 N–H and O–H groups in total. The van der Waals surface area contributed by atoms with E-state index in [4.69, 9.17) is 9.47 Å². The second-order valence-corrected chi connectivity index (χ2v) is 6.46. The van der Waals surface area contributed by atoms with Crippen LogP contribution in [0.25, 0.3) is 0 Å². The molecule has 0 spiro atoms. The summed E-state index contributed by atoms with van der Waals surface area (Å²) in [6.07, 6.45) is 1.66. The molecule has 1 aliphatic carbocycles. The summed E-state index contributed by atoms with van der Waals surface area (Å²) in [5.41, 5.74) is -0.746. The Kier molecular flexibility index (Phi) is 4.99. The molecule has 3 atom stereocenters. The molecule has 1 aliphatic heterocycles. The van der Waals surface area contributed by atoms with Gasteiger partial charge in [-0.25, -0.2) is 9.69 Å². The number of amides is 2. The van der Waals surface area contributed by atoms with E-state index in [1.807, 2.05) is 0 Å². The van der Waals surface area contributed by atoms with Crippen LogP contribution in [-0.2, 0) is 19.1 Å². The van der Waals surface area contributed by atoms with Crippen molar-refractivity contribution in [1.29, 1.82) is 0 Å². The number of likely N-dealkylation sites (tertiary alicyclic amines) is 1. The Bertz CT molecular complexity index is 708. The fourth-order valence-electron chi connectivity index (χ4n) is 2.45. The number of nitrogens with zero attached hydrogens (tertiary/aromatic N) is 1. The molecule has 2 rings (SSSR count). The zero-order chi connectivity index (χ0) is 17.9. The highest BCUT2D eigenvalue weighted by Crippen LogP contribution is 2.34. The fraction of sp³-hybridized carbons (Fsp3) is 0.500. The van der Waals surface area contributed by atoms with E-state index in [1.54, 1.807) is 26.8 Å². The number of fused-ring (bicyclic) bond motifs is 1. The number of carbonyl (C=O) groups excluding carboxylic acids is 3. The Morgan fingerprint density at radius 2 is 1.92 bits per heavy atom. The number of hydrogen-bond donors (Lipinski definition) is 0. The number of hydrogen-bond acceptors (Lipinski definition) is 5. The zero-order valence-electron chi connectivity index (χ0n) is 14.1.